The molecule has 2 N–H and O–H groups in total. The smallest absolute Gasteiger partial charge is 0.258 e. The molecule has 34 heavy (non-hydrogen) atoms. The van der Waals surface area contributed by atoms with Gasteiger partial charge >= 0.3 is 0 Å². The topological polar surface area (TPSA) is 97.7 Å². The highest BCUT2D eigenvalue weighted by molar-refractivity contribution is 6.41. The van der Waals surface area contributed by atoms with Crippen molar-refractivity contribution in [1.82, 2.24) is 24.7 Å². The number of halogens is 2. The summed E-state index contributed by atoms with van der Waals surface area (Å²) in [5.41, 5.74) is 3.73. The molecule has 0 aliphatic carbocycles. The summed E-state index contributed by atoms with van der Waals surface area (Å²) in [6.07, 6.45) is 1.36. The van der Waals surface area contributed by atoms with Crippen molar-refractivity contribution in [3.05, 3.63) is 88.2 Å². The number of pyridine rings is 1. The third-order valence-corrected chi connectivity index (χ3v) is 5.89. The van der Waals surface area contributed by atoms with E-state index in [4.69, 9.17) is 32.9 Å². The number of fused-ring (bicyclic) bond motifs is 1. The molecule has 8 nitrogen and oxygen atoms in total. The van der Waals surface area contributed by atoms with Crippen LogP contribution in [-0.2, 0) is 6.54 Å². The van der Waals surface area contributed by atoms with Crippen LogP contribution in [0, 0.1) is 0 Å². The van der Waals surface area contributed by atoms with Gasteiger partial charge in [0.1, 0.15) is 16.6 Å². The van der Waals surface area contributed by atoms with Gasteiger partial charge in [0.05, 0.1) is 35.3 Å². The zero-order chi connectivity index (χ0) is 23.7. The minimum absolute atomic E-state index is 0.133. The number of amides is 1. The van der Waals surface area contributed by atoms with Gasteiger partial charge < -0.3 is 15.0 Å². The van der Waals surface area contributed by atoms with Gasteiger partial charge in [0.15, 0.2) is 11.6 Å². The average molecular weight is 493 g/mol. The van der Waals surface area contributed by atoms with Crippen LogP contribution in [0.2, 0.25) is 10.2 Å². The van der Waals surface area contributed by atoms with Gasteiger partial charge in [-0.2, -0.15) is 5.10 Å². The number of ether oxygens (including phenoxy) is 1. The molecule has 0 radical (unpaired) electrons. The van der Waals surface area contributed by atoms with Gasteiger partial charge in [-0.05, 0) is 35.9 Å². The van der Waals surface area contributed by atoms with Crippen LogP contribution in [0.1, 0.15) is 15.9 Å². The second kappa shape index (κ2) is 9.17. The minimum Gasteiger partial charge on any atom is -0.497 e. The van der Waals surface area contributed by atoms with Gasteiger partial charge in [-0.3, -0.25) is 9.48 Å². The quantitative estimate of drug-likeness (QED) is 0.307. The van der Waals surface area contributed by atoms with E-state index in [1.165, 1.54) is 12.3 Å². The molecule has 0 atom stereocenters. The largest absolute Gasteiger partial charge is 0.497 e. The Labute approximate surface area is 204 Å². The molecule has 0 fully saturated rings. The summed E-state index contributed by atoms with van der Waals surface area (Å²) in [6.45, 7) is 0.459. The van der Waals surface area contributed by atoms with Crippen LogP contribution in [0.4, 0.5) is 5.82 Å². The fraction of sp³-hybridized carbons (Fsp3) is 0.0833. The Hall–Kier alpha value is -3.88. The second-order valence-corrected chi connectivity index (χ2v) is 8.24. The molecule has 10 heteroatoms. The number of aromatic amines is 1. The van der Waals surface area contributed by atoms with E-state index in [0.717, 1.165) is 28.0 Å². The van der Waals surface area contributed by atoms with Crippen LogP contribution in [0.25, 0.3) is 22.6 Å². The van der Waals surface area contributed by atoms with E-state index in [1.807, 2.05) is 48.5 Å². The normalized spacial score (nSPS) is 11.0. The molecule has 5 aromatic rings. The molecule has 0 saturated heterocycles. The molecule has 0 bridgehead atoms. The van der Waals surface area contributed by atoms with Crippen molar-refractivity contribution in [2.45, 2.75) is 6.54 Å². The molecule has 0 saturated carbocycles. The number of imidazole rings is 1. The molecule has 3 aromatic heterocycles. The predicted molar refractivity (Wildman–Crippen MR) is 132 cm³/mol. The summed E-state index contributed by atoms with van der Waals surface area (Å²) in [4.78, 5) is 24.7. The van der Waals surface area contributed by atoms with Crippen LogP contribution < -0.4 is 10.1 Å². The molecule has 5 rings (SSSR count). The first-order chi connectivity index (χ1) is 16.5. The molecular formula is C24H18Cl2N6O2. The zero-order valence-electron chi connectivity index (χ0n) is 17.9. The Bertz CT molecular complexity index is 1460. The molecular weight excluding hydrogens is 475 g/mol. The van der Waals surface area contributed by atoms with E-state index in [-0.39, 0.29) is 15.7 Å². The molecule has 0 unspecified atom stereocenters. The first-order valence-corrected chi connectivity index (χ1v) is 11.0. The third kappa shape index (κ3) is 4.46. The number of benzene rings is 2. The average Bonchev–Trinajstić information content (AvgIpc) is 3.45. The number of aromatic nitrogens is 5. The number of para-hydroxylation sites is 2. The molecule has 0 spiro atoms. The monoisotopic (exact) mass is 492 g/mol. The van der Waals surface area contributed by atoms with Gasteiger partial charge in [0.2, 0.25) is 0 Å². The van der Waals surface area contributed by atoms with Crippen LogP contribution in [-0.4, -0.2) is 37.7 Å². The van der Waals surface area contributed by atoms with Gasteiger partial charge in [0.25, 0.3) is 5.91 Å². The van der Waals surface area contributed by atoms with Crippen molar-refractivity contribution in [2.24, 2.45) is 0 Å². The lowest BCUT2D eigenvalue weighted by atomic mass is 10.2. The van der Waals surface area contributed by atoms with Gasteiger partial charge in [-0.15, -0.1) is 0 Å². The van der Waals surface area contributed by atoms with Crippen molar-refractivity contribution in [1.29, 1.82) is 0 Å². The fourth-order valence-corrected chi connectivity index (χ4v) is 3.77. The highest BCUT2D eigenvalue weighted by atomic mass is 35.5. The SMILES string of the molecule is COc1ccc(Cn2nc(NC(=O)c3cnc(Cl)c(Cl)c3)cc2-c2nc3ccccc3[nH]2)cc1. The van der Waals surface area contributed by atoms with Crippen LogP contribution in [0.3, 0.4) is 0 Å². The Kier molecular flexibility index (Phi) is 5.91. The summed E-state index contributed by atoms with van der Waals surface area (Å²) in [6, 6.07) is 18.7. The zero-order valence-corrected chi connectivity index (χ0v) is 19.4. The highest BCUT2D eigenvalue weighted by Crippen LogP contribution is 2.26. The second-order valence-electron chi connectivity index (χ2n) is 7.47. The Morgan fingerprint density at radius 2 is 1.91 bits per heavy atom. The van der Waals surface area contributed by atoms with E-state index < -0.39 is 5.91 Å². The maximum atomic E-state index is 12.8. The van der Waals surface area contributed by atoms with Gasteiger partial charge in [-0.25, -0.2) is 9.97 Å². The van der Waals surface area contributed by atoms with E-state index in [0.29, 0.717) is 18.2 Å². The fourth-order valence-electron chi connectivity index (χ4n) is 3.50. The lowest BCUT2D eigenvalue weighted by Gasteiger charge is -2.07. The first-order valence-electron chi connectivity index (χ1n) is 10.3. The maximum Gasteiger partial charge on any atom is 0.258 e. The van der Waals surface area contributed by atoms with Crippen molar-refractivity contribution in [2.75, 3.05) is 12.4 Å². The lowest BCUT2D eigenvalue weighted by Crippen LogP contribution is -2.13. The molecule has 0 aliphatic heterocycles. The third-order valence-electron chi connectivity index (χ3n) is 5.20. The van der Waals surface area contributed by atoms with E-state index >= 15 is 0 Å². The Morgan fingerprint density at radius 3 is 2.65 bits per heavy atom. The molecule has 3 heterocycles. The number of hydrogen-bond donors (Lipinski definition) is 2. The maximum absolute atomic E-state index is 12.8. The van der Waals surface area contributed by atoms with Gasteiger partial charge in [-0.1, -0.05) is 47.5 Å². The van der Waals surface area contributed by atoms with E-state index in [1.54, 1.807) is 17.9 Å². The number of carbonyl (C=O) groups excluding carboxylic acids is 1. The summed E-state index contributed by atoms with van der Waals surface area (Å²) in [7, 11) is 1.63. The predicted octanol–water partition coefficient (Wildman–Crippen LogP) is 5.44. The molecule has 2 aromatic carbocycles. The summed E-state index contributed by atoms with van der Waals surface area (Å²) in [5.74, 6) is 1.36. The highest BCUT2D eigenvalue weighted by Gasteiger charge is 2.17. The lowest BCUT2D eigenvalue weighted by molar-refractivity contribution is 0.102. The number of carbonyl (C=O) groups is 1. The number of hydrogen-bond acceptors (Lipinski definition) is 5. The van der Waals surface area contributed by atoms with Gasteiger partial charge in [0, 0.05) is 12.3 Å². The number of rotatable bonds is 6. The molecule has 0 aliphatic rings. The van der Waals surface area contributed by atoms with Crippen molar-refractivity contribution < 1.29 is 9.53 Å². The number of anilines is 1. The molecule has 1 amide bonds. The number of nitrogens with one attached hydrogen (secondary N) is 2. The number of methoxy groups -OCH3 is 1. The summed E-state index contributed by atoms with van der Waals surface area (Å²) < 4.78 is 7.02. The van der Waals surface area contributed by atoms with Crippen LogP contribution in [0.5, 0.6) is 5.75 Å². The van der Waals surface area contributed by atoms with Crippen molar-refractivity contribution >= 4 is 46.0 Å². The Balaban J connectivity index is 1.50. The summed E-state index contributed by atoms with van der Waals surface area (Å²) >= 11 is 11.9. The minimum atomic E-state index is -0.406. The van der Waals surface area contributed by atoms with Crippen molar-refractivity contribution in [3.63, 3.8) is 0 Å². The first kappa shape index (κ1) is 21.9. The molecule has 170 valence electrons. The Morgan fingerprint density at radius 1 is 1.12 bits per heavy atom. The van der Waals surface area contributed by atoms with E-state index in [2.05, 4.69) is 20.4 Å². The van der Waals surface area contributed by atoms with Crippen LogP contribution in [0.15, 0.2) is 66.9 Å². The summed E-state index contributed by atoms with van der Waals surface area (Å²) in [5, 5.41) is 7.74. The van der Waals surface area contributed by atoms with Crippen LogP contribution >= 0.6 is 23.2 Å². The number of H-pyrrole nitrogens is 1. The van der Waals surface area contributed by atoms with Crippen molar-refractivity contribution in [3.8, 4) is 17.3 Å². The van der Waals surface area contributed by atoms with E-state index in [9.17, 15) is 4.79 Å². The standard InChI is InChI=1S/C24H18Cl2N6O2/c1-34-16-8-6-14(7-9-16)13-32-20(23-28-18-4-2-3-5-19(18)29-23)11-21(31-32)30-24(33)15-10-17(25)22(26)27-12-15/h2-12H,13H2,1H3,(H,28,29)(H,30,31,33). The number of nitrogens with zero attached hydrogens (tertiary/aromatic N) is 4.